The van der Waals surface area contributed by atoms with Crippen molar-refractivity contribution in [1.82, 2.24) is 9.62 Å². The number of rotatable bonds is 5. The van der Waals surface area contributed by atoms with Gasteiger partial charge in [-0.1, -0.05) is 12.1 Å². The molecule has 1 saturated heterocycles. The highest BCUT2D eigenvalue weighted by Gasteiger charge is 2.22. The summed E-state index contributed by atoms with van der Waals surface area (Å²) < 4.78 is 27.6. The van der Waals surface area contributed by atoms with Gasteiger partial charge in [0.25, 0.3) is 0 Å². The average Bonchev–Trinajstić information content (AvgIpc) is 2.47. The normalized spacial score (nSPS) is 18.0. The molecule has 21 heavy (non-hydrogen) atoms. The minimum Gasteiger partial charge on any atom is -0.392 e. The molecule has 2 rings (SSSR count). The van der Waals surface area contributed by atoms with Crippen molar-refractivity contribution < 1.29 is 13.5 Å². The molecule has 5 nitrogen and oxygen atoms in total. The van der Waals surface area contributed by atoms with E-state index in [4.69, 9.17) is 0 Å². The third-order valence-electron chi connectivity index (χ3n) is 4.26. The summed E-state index contributed by atoms with van der Waals surface area (Å²) in [4.78, 5) is 2.53. The van der Waals surface area contributed by atoms with E-state index in [1.165, 1.54) is 0 Å². The molecule has 0 radical (unpaired) electrons. The number of aliphatic hydroxyl groups excluding tert-OH is 1. The van der Waals surface area contributed by atoms with Crippen molar-refractivity contribution in [3.8, 4) is 0 Å². The fourth-order valence-electron chi connectivity index (χ4n) is 2.69. The van der Waals surface area contributed by atoms with Crippen LogP contribution in [0.15, 0.2) is 23.1 Å². The third kappa shape index (κ3) is 4.03. The minimum atomic E-state index is -3.51. The molecule has 1 aromatic carbocycles. The lowest BCUT2D eigenvalue weighted by atomic mass is 9.98. The van der Waals surface area contributed by atoms with Crippen LogP contribution in [0.3, 0.4) is 0 Å². The summed E-state index contributed by atoms with van der Waals surface area (Å²) in [6.07, 6.45) is 2.05. The van der Waals surface area contributed by atoms with Gasteiger partial charge in [-0.05, 0) is 63.0 Å². The summed E-state index contributed by atoms with van der Waals surface area (Å²) in [5.74, 6) is 0.400. The van der Waals surface area contributed by atoms with Crippen molar-refractivity contribution in [1.29, 1.82) is 0 Å². The Hall–Kier alpha value is -0.950. The first kappa shape index (κ1) is 16.4. The molecule has 1 aliphatic rings. The summed E-state index contributed by atoms with van der Waals surface area (Å²) in [5.41, 5.74) is 1.27. The highest BCUT2D eigenvalue weighted by Crippen LogP contribution is 2.20. The van der Waals surface area contributed by atoms with Crippen LogP contribution in [0.1, 0.15) is 24.0 Å². The smallest absolute Gasteiger partial charge is 0.240 e. The summed E-state index contributed by atoms with van der Waals surface area (Å²) in [6.45, 7) is 4.11. The van der Waals surface area contributed by atoms with Crippen molar-refractivity contribution >= 4 is 10.0 Å². The molecule has 0 aliphatic carbocycles. The molecule has 1 heterocycles. The molecule has 118 valence electrons. The Bertz CT molecular complexity index is 579. The number of hydrogen-bond acceptors (Lipinski definition) is 4. The molecule has 1 aliphatic heterocycles. The van der Waals surface area contributed by atoms with Gasteiger partial charge in [-0.3, -0.25) is 0 Å². The second-order valence-corrected chi connectivity index (χ2v) is 7.53. The van der Waals surface area contributed by atoms with Crippen molar-refractivity contribution in [2.75, 3.05) is 26.7 Å². The van der Waals surface area contributed by atoms with Gasteiger partial charge in [0, 0.05) is 6.54 Å². The Morgan fingerprint density at radius 2 is 2.00 bits per heavy atom. The third-order valence-corrected chi connectivity index (χ3v) is 5.82. The predicted octanol–water partition coefficient (Wildman–Crippen LogP) is 1.11. The van der Waals surface area contributed by atoms with Crippen LogP contribution in [-0.2, 0) is 16.6 Å². The number of sulfonamides is 1. The quantitative estimate of drug-likeness (QED) is 0.854. The lowest BCUT2D eigenvalue weighted by Gasteiger charge is -2.29. The van der Waals surface area contributed by atoms with E-state index in [9.17, 15) is 13.5 Å². The van der Waals surface area contributed by atoms with Gasteiger partial charge in [0.1, 0.15) is 0 Å². The molecule has 0 bridgehead atoms. The second-order valence-electron chi connectivity index (χ2n) is 5.80. The number of nitrogens with zero attached hydrogens (tertiary/aromatic N) is 1. The zero-order chi connectivity index (χ0) is 15.5. The molecule has 1 aromatic rings. The molecule has 0 saturated carbocycles. The fourth-order valence-corrected chi connectivity index (χ4v) is 4.10. The molecule has 0 atom stereocenters. The van der Waals surface area contributed by atoms with Gasteiger partial charge in [0.2, 0.25) is 10.0 Å². The van der Waals surface area contributed by atoms with Crippen molar-refractivity contribution in [3.05, 3.63) is 29.3 Å². The topological polar surface area (TPSA) is 69.6 Å². The standard InChI is InChI=1S/C15H24N2O3S/c1-12-14(11-18)4-3-5-15(12)21(19,20)16-10-13-6-8-17(2)9-7-13/h3-5,13,16,18H,6-11H2,1-2H3. The minimum absolute atomic E-state index is 0.149. The van der Waals surface area contributed by atoms with Crippen LogP contribution in [-0.4, -0.2) is 45.1 Å². The average molecular weight is 312 g/mol. The zero-order valence-corrected chi connectivity index (χ0v) is 13.5. The maximum absolute atomic E-state index is 12.4. The lowest BCUT2D eigenvalue weighted by Crippen LogP contribution is -2.37. The van der Waals surface area contributed by atoms with E-state index >= 15 is 0 Å². The molecule has 1 fully saturated rings. The second kappa shape index (κ2) is 6.87. The van der Waals surface area contributed by atoms with Crippen molar-refractivity contribution in [2.45, 2.75) is 31.3 Å². The van der Waals surface area contributed by atoms with E-state index < -0.39 is 10.0 Å². The highest BCUT2D eigenvalue weighted by atomic mass is 32.2. The maximum Gasteiger partial charge on any atom is 0.240 e. The number of hydrogen-bond donors (Lipinski definition) is 2. The van der Waals surface area contributed by atoms with Crippen LogP contribution in [0.2, 0.25) is 0 Å². The first-order valence-corrected chi connectivity index (χ1v) is 8.80. The summed E-state index contributed by atoms with van der Waals surface area (Å²) >= 11 is 0. The first-order valence-electron chi connectivity index (χ1n) is 7.31. The van der Waals surface area contributed by atoms with E-state index in [0.717, 1.165) is 25.9 Å². The van der Waals surface area contributed by atoms with Gasteiger partial charge in [-0.15, -0.1) is 0 Å². The van der Waals surface area contributed by atoms with Gasteiger partial charge in [0.05, 0.1) is 11.5 Å². The Kier molecular flexibility index (Phi) is 5.37. The number of likely N-dealkylation sites (tertiary alicyclic amines) is 1. The van der Waals surface area contributed by atoms with Crippen LogP contribution in [0.25, 0.3) is 0 Å². The number of aliphatic hydroxyl groups is 1. The van der Waals surface area contributed by atoms with Gasteiger partial charge < -0.3 is 10.0 Å². The van der Waals surface area contributed by atoms with Gasteiger partial charge in [0.15, 0.2) is 0 Å². The Balaban J connectivity index is 2.05. The zero-order valence-electron chi connectivity index (χ0n) is 12.7. The largest absolute Gasteiger partial charge is 0.392 e. The Morgan fingerprint density at radius 3 is 2.62 bits per heavy atom. The number of piperidine rings is 1. The van der Waals surface area contributed by atoms with Gasteiger partial charge in [-0.25, -0.2) is 13.1 Å². The monoisotopic (exact) mass is 312 g/mol. The predicted molar refractivity (Wildman–Crippen MR) is 82.5 cm³/mol. The van der Waals surface area contributed by atoms with E-state index in [2.05, 4.69) is 16.7 Å². The molecule has 2 N–H and O–H groups in total. The number of benzene rings is 1. The van der Waals surface area contributed by atoms with Gasteiger partial charge >= 0.3 is 0 Å². The number of nitrogens with one attached hydrogen (secondary N) is 1. The summed E-state index contributed by atoms with van der Waals surface area (Å²) in [6, 6.07) is 5.00. The van der Waals surface area contributed by atoms with Crippen LogP contribution >= 0.6 is 0 Å². The molecule has 0 aromatic heterocycles. The fraction of sp³-hybridized carbons (Fsp3) is 0.600. The van der Waals surface area contributed by atoms with Crippen LogP contribution in [0.5, 0.6) is 0 Å². The molecule has 0 unspecified atom stereocenters. The molecule has 0 amide bonds. The van der Waals surface area contributed by atoms with Gasteiger partial charge in [-0.2, -0.15) is 0 Å². The summed E-state index contributed by atoms with van der Waals surface area (Å²) in [7, 11) is -1.42. The molecule has 6 heteroatoms. The van der Waals surface area contributed by atoms with Crippen LogP contribution < -0.4 is 4.72 Å². The Morgan fingerprint density at radius 1 is 1.33 bits per heavy atom. The molecular weight excluding hydrogens is 288 g/mol. The van der Waals surface area contributed by atoms with Crippen LogP contribution in [0.4, 0.5) is 0 Å². The van der Waals surface area contributed by atoms with E-state index in [1.54, 1.807) is 25.1 Å². The van der Waals surface area contributed by atoms with Crippen molar-refractivity contribution in [2.24, 2.45) is 5.92 Å². The van der Waals surface area contributed by atoms with E-state index in [1.807, 2.05) is 0 Å². The molecular formula is C15H24N2O3S. The maximum atomic E-state index is 12.4. The molecule has 0 spiro atoms. The summed E-state index contributed by atoms with van der Waals surface area (Å²) in [5, 5.41) is 9.25. The Labute approximate surface area is 127 Å². The van der Waals surface area contributed by atoms with E-state index in [0.29, 0.717) is 23.6 Å². The van der Waals surface area contributed by atoms with Crippen LogP contribution in [0, 0.1) is 12.8 Å². The van der Waals surface area contributed by atoms with Crippen molar-refractivity contribution in [3.63, 3.8) is 0 Å². The lowest BCUT2D eigenvalue weighted by molar-refractivity contribution is 0.220. The van der Waals surface area contributed by atoms with E-state index in [-0.39, 0.29) is 11.5 Å². The highest BCUT2D eigenvalue weighted by molar-refractivity contribution is 7.89. The first-order chi connectivity index (χ1) is 9.94. The SMILES string of the molecule is Cc1c(CO)cccc1S(=O)(=O)NCC1CCN(C)CC1.